The number of aldehydes is 1. The molecule has 1 aliphatic carbocycles. The molecule has 0 bridgehead atoms. The van der Waals surface area contributed by atoms with E-state index in [9.17, 15) is 4.79 Å². The van der Waals surface area contributed by atoms with Crippen molar-refractivity contribution in [3.63, 3.8) is 0 Å². The Morgan fingerprint density at radius 3 is 2.36 bits per heavy atom. The van der Waals surface area contributed by atoms with E-state index in [0.29, 0.717) is 0 Å². The second-order valence-corrected chi connectivity index (χ2v) is 9.49. The standard InChI is InChI=1S/C23H31NO/c1-8-24-19-10-9-16(21(2,3)4)13-17(19)18-14-23(15-25,22(5,6)7)12-11-20(18)24/h9-11,13-15H,8,12H2,1-7H3. The Morgan fingerprint density at radius 1 is 1.16 bits per heavy atom. The van der Waals surface area contributed by atoms with Crippen LogP contribution in [0.1, 0.15) is 60.5 Å². The van der Waals surface area contributed by atoms with Gasteiger partial charge in [-0.25, -0.2) is 0 Å². The Labute approximate surface area is 151 Å². The topological polar surface area (TPSA) is 22.0 Å². The number of rotatable bonds is 2. The summed E-state index contributed by atoms with van der Waals surface area (Å²) in [5, 5.41) is 3.78. The van der Waals surface area contributed by atoms with Crippen LogP contribution in [0.25, 0.3) is 23.1 Å². The van der Waals surface area contributed by atoms with Crippen LogP contribution in [0.2, 0.25) is 0 Å². The first-order valence-corrected chi connectivity index (χ1v) is 9.36. The lowest BCUT2D eigenvalue weighted by molar-refractivity contribution is -0.117. The van der Waals surface area contributed by atoms with Crippen molar-refractivity contribution < 1.29 is 4.79 Å². The highest BCUT2D eigenvalue weighted by molar-refractivity contribution is 5.86. The lowest BCUT2D eigenvalue weighted by atomic mass is 9.64. The third kappa shape index (κ3) is 2.67. The van der Waals surface area contributed by atoms with Gasteiger partial charge in [0.05, 0.1) is 5.41 Å². The first-order chi connectivity index (χ1) is 11.5. The summed E-state index contributed by atoms with van der Waals surface area (Å²) in [7, 11) is 0. The maximum atomic E-state index is 12.1. The van der Waals surface area contributed by atoms with Gasteiger partial charge in [-0.3, -0.25) is 0 Å². The van der Waals surface area contributed by atoms with Gasteiger partial charge in [0.25, 0.3) is 0 Å². The Hall–Kier alpha value is -1.83. The molecule has 1 aliphatic rings. The van der Waals surface area contributed by atoms with Crippen molar-refractivity contribution in [3.05, 3.63) is 34.3 Å². The van der Waals surface area contributed by atoms with Crippen LogP contribution in [0.3, 0.4) is 0 Å². The van der Waals surface area contributed by atoms with Crippen LogP contribution in [0, 0.1) is 10.8 Å². The maximum Gasteiger partial charge on any atom is 0.130 e. The van der Waals surface area contributed by atoms with Crippen LogP contribution in [0.4, 0.5) is 0 Å². The molecule has 0 saturated carbocycles. The van der Waals surface area contributed by atoms with Crippen LogP contribution >= 0.6 is 0 Å². The minimum Gasteiger partial charge on any atom is -0.341 e. The number of carbonyl (C=O) groups excluding carboxylic acids is 1. The molecule has 0 N–H and O–H groups in total. The minimum absolute atomic E-state index is 0.106. The summed E-state index contributed by atoms with van der Waals surface area (Å²) in [6.07, 6.45) is 6.45. The Morgan fingerprint density at radius 2 is 1.84 bits per heavy atom. The van der Waals surface area contributed by atoms with E-state index in [0.717, 1.165) is 19.3 Å². The van der Waals surface area contributed by atoms with Gasteiger partial charge < -0.3 is 9.36 Å². The van der Waals surface area contributed by atoms with Crippen molar-refractivity contribution in [2.75, 3.05) is 0 Å². The third-order valence-corrected chi connectivity index (χ3v) is 5.97. The molecule has 0 amide bonds. The number of hydrogen-bond donors (Lipinski definition) is 0. The molecule has 25 heavy (non-hydrogen) atoms. The molecule has 0 radical (unpaired) electrons. The monoisotopic (exact) mass is 337 g/mol. The smallest absolute Gasteiger partial charge is 0.130 e. The lowest BCUT2D eigenvalue weighted by Crippen LogP contribution is -2.43. The van der Waals surface area contributed by atoms with Gasteiger partial charge in [-0.2, -0.15) is 0 Å². The van der Waals surface area contributed by atoms with Crippen molar-refractivity contribution in [3.8, 4) is 0 Å². The Kier molecular flexibility index (Phi) is 4.02. The normalized spacial score (nSPS) is 20.8. The number of fused-ring (bicyclic) bond motifs is 3. The van der Waals surface area contributed by atoms with Crippen molar-refractivity contribution in [1.29, 1.82) is 0 Å². The summed E-state index contributed by atoms with van der Waals surface area (Å²) in [5.41, 5.74) is 2.17. The molecule has 0 fully saturated rings. The summed E-state index contributed by atoms with van der Waals surface area (Å²) in [5.74, 6) is 0. The van der Waals surface area contributed by atoms with E-state index >= 15 is 0 Å². The summed E-state index contributed by atoms with van der Waals surface area (Å²) in [6, 6.07) is 6.82. The van der Waals surface area contributed by atoms with E-state index in [1.807, 2.05) is 0 Å². The summed E-state index contributed by atoms with van der Waals surface area (Å²) < 4.78 is 2.38. The van der Waals surface area contributed by atoms with Crippen LogP contribution < -0.4 is 10.6 Å². The van der Waals surface area contributed by atoms with Crippen LogP contribution in [-0.4, -0.2) is 10.9 Å². The number of benzene rings is 1. The average molecular weight is 338 g/mol. The van der Waals surface area contributed by atoms with Gasteiger partial charge in [0.2, 0.25) is 0 Å². The highest BCUT2D eigenvalue weighted by atomic mass is 16.1. The summed E-state index contributed by atoms with van der Waals surface area (Å²) in [4.78, 5) is 12.1. The molecule has 2 nitrogen and oxygen atoms in total. The molecule has 3 rings (SSSR count). The molecule has 134 valence electrons. The first-order valence-electron chi connectivity index (χ1n) is 9.36. The minimum atomic E-state index is -0.440. The largest absolute Gasteiger partial charge is 0.341 e. The molecule has 1 heterocycles. The van der Waals surface area contributed by atoms with E-state index < -0.39 is 5.41 Å². The van der Waals surface area contributed by atoms with Crippen LogP contribution in [-0.2, 0) is 16.8 Å². The number of aryl methyl sites for hydroxylation is 1. The summed E-state index contributed by atoms with van der Waals surface area (Å²) in [6.45, 7) is 16.4. The molecule has 2 heteroatoms. The predicted octanol–water partition coefficient (Wildman–Crippen LogP) is 4.15. The molecular weight excluding hydrogens is 306 g/mol. The summed E-state index contributed by atoms with van der Waals surface area (Å²) >= 11 is 0. The highest BCUT2D eigenvalue weighted by Gasteiger charge is 2.40. The molecule has 1 aromatic carbocycles. The molecule has 0 saturated heterocycles. The number of nitrogens with zero attached hydrogens (tertiary/aromatic N) is 1. The Balaban J connectivity index is 2.44. The van der Waals surface area contributed by atoms with Crippen molar-refractivity contribution in [2.24, 2.45) is 10.8 Å². The molecule has 1 atom stereocenters. The Bertz CT molecular complexity index is 947. The number of carbonyl (C=O) groups is 1. The second kappa shape index (κ2) is 5.59. The maximum absolute atomic E-state index is 12.1. The SMILES string of the molecule is CCn1c2c(c3cc(C(C)(C)C)ccc31)=CC(C=O)(C(C)(C)C)CC=2. The fourth-order valence-electron chi connectivity index (χ4n) is 3.94. The van der Waals surface area contributed by atoms with Crippen LogP contribution in [0.15, 0.2) is 18.2 Å². The molecule has 1 unspecified atom stereocenters. The van der Waals surface area contributed by atoms with Crippen molar-refractivity contribution in [1.82, 2.24) is 4.57 Å². The molecule has 0 spiro atoms. The number of aromatic nitrogens is 1. The first kappa shape index (κ1) is 18.0. The van der Waals surface area contributed by atoms with Gasteiger partial charge >= 0.3 is 0 Å². The van der Waals surface area contributed by atoms with Gasteiger partial charge in [-0.15, -0.1) is 0 Å². The molecule has 2 aromatic rings. The van der Waals surface area contributed by atoms with E-state index in [-0.39, 0.29) is 10.8 Å². The third-order valence-electron chi connectivity index (χ3n) is 5.97. The second-order valence-electron chi connectivity index (χ2n) is 9.49. The predicted molar refractivity (Wildman–Crippen MR) is 107 cm³/mol. The molecule has 1 aromatic heterocycles. The van der Waals surface area contributed by atoms with Gasteiger partial charge in [0, 0.05) is 28.0 Å². The fourth-order valence-corrected chi connectivity index (χ4v) is 3.94. The van der Waals surface area contributed by atoms with E-state index in [4.69, 9.17) is 0 Å². The van der Waals surface area contributed by atoms with Crippen molar-refractivity contribution in [2.45, 2.75) is 66.8 Å². The van der Waals surface area contributed by atoms with Crippen molar-refractivity contribution >= 4 is 29.3 Å². The average Bonchev–Trinajstić information content (AvgIpc) is 2.84. The van der Waals surface area contributed by atoms with E-state index in [2.05, 4.69) is 83.4 Å². The molecule has 0 aliphatic heterocycles. The zero-order chi connectivity index (χ0) is 18.6. The molecular formula is C23H31NO. The van der Waals surface area contributed by atoms with E-state index in [1.165, 1.54) is 27.0 Å². The highest BCUT2D eigenvalue weighted by Crippen LogP contribution is 2.43. The fraction of sp³-hybridized carbons (Fsp3) is 0.522. The number of hydrogen-bond acceptors (Lipinski definition) is 1. The quantitative estimate of drug-likeness (QED) is 0.755. The lowest BCUT2D eigenvalue weighted by Gasteiger charge is -2.38. The van der Waals surface area contributed by atoms with E-state index in [1.54, 1.807) is 0 Å². The van der Waals surface area contributed by atoms with Gasteiger partial charge in [-0.1, -0.05) is 59.8 Å². The van der Waals surface area contributed by atoms with Gasteiger partial charge in [-0.05, 0) is 41.9 Å². The zero-order valence-electron chi connectivity index (χ0n) is 16.7. The van der Waals surface area contributed by atoms with Gasteiger partial charge in [0.1, 0.15) is 6.29 Å². The van der Waals surface area contributed by atoms with Gasteiger partial charge in [0.15, 0.2) is 0 Å². The zero-order valence-corrected chi connectivity index (χ0v) is 16.7. The van der Waals surface area contributed by atoms with Crippen LogP contribution in [0.5, 0.6) is 0 Å².